The first-order chi connectivity index (χ1) is 11.6. The molecule has 0 aliphatic carbocycles. The zero-order chi connectivity index (χ0) is 17.1. The highest BCUT2D eigenvalue weighted by Gasteiger charge is 2.20. The third-order valence-electron chi connectivity index (χ3n) is 3.57. The maximum absolute atomic E-state index is 13.3. The summed E-state index contributed by atoms with van der Waals surface area (Å²) in [4.78, 5) is 14.5. The zero-order valence-corrected chi connectivity index (χ0v) is 14.5. The molecule has 1 aromatic heterocycles. The Bertz CT molecular complexity index is 866. The van der Waals surface area contributed by atoms with Crippen LogP contribution in [0.4, 0.5) is 4.39 Å². The molecule has 6 heteroatoms. The topological polar surface area (TPSA) is 29.5 Å². The van der Waals surface area contributed by atoms with Crippen molar-refractivity contribution in [1.82, 2.24) is 4.90 Å². The van der Waals surface area contributed by atoms with Crippen molar-refractivity contribution < 1.29 is 13.9 Å². The first-order valence-electron chi connectivity index (χ1n) is 7.37. The number of hydrogen-bond acceptors (Lipinski definition) is 3. The Morgan fingerprint density at radius 1 is 1.25 bits per heavy atom. The lowest BCUT2D eigenvalue weighted by Crippen LogP contribution is -2.30. The quantitative estimate of drug-likeness (QED) is 0.648. The predicted octanol–water partition coefficient (Wildman–Crippen LogP) is 4.84. The summed E-state index contributed by atoms with van der Waals surface area (Å²) in [6, 6.07) is 13.7. The second-order valence-corrected chi connectivity index (χ2v) is 6.70. The number of ether oxygens (including phenoxy) is 1. The minimum absolute atomic E-state index is 0.196. The molecule has 0 spiro atoms. The van der Waals surface area contributed by atoms with E-state index in [9.17, 15) is 9.18 Å². The fourth-order valence-electron chi connectivity index (χ4n) is 2.27. The number of amides is 1. The molecule has 2 aromatic carbocycles. The van der Waals surface area contributed by atoms with Gasteiger partial charge in [-0.2, -0.15) is 0 Å². The Morgan fingerprint density at radius 3 is 2.75 bits per heavy atom. The van der Waals surface area contributed by atoms with Crippen molar-refractivity contribution in [2.24, 2.45) is 0 Å². The summed E-state index contributed by atoms with van der Waals surface area (Å²) >= 11 is 7.49. The monoisotopic (exact) mass is 363 g/mol. The minimum atomic E-state index is -0.343. The summed E-state index contributed by atoms with van der Waals surface area (Å²) in [7, 11) is 1.69. The van der Waals surface area contributed by atoms with Crippen LogP contribution in [0.25, 0.3) is 10.1 Å². The lowest BCUT2D eigenvalue weighted by Gasteiger charge is -2.17. The van der Waals surface area contributed by atoms with Gasteiger partial charge < -0.3 is 9.64 Å². The normalized spacial score (nSPS) is 10.8. The fraction of sp³-hybridized carbons (Fsp3) is 0.167. The number of likely N-dealkylation sites (N-methyl/N-ethyl adjacent to an activating group) is 1. The van der Waals surface area contributed by atoms with Crippen LogP contribution in [0.5, 0.6) is 5.75 Å². The number of hydrogen-bond donors (Lipinski definition) is 0. The highest BCUT2D eigenvalue weighted by molar-refractivity contribution is 7.21. The Balaban J connectivity index is 1.68. The van der Waals surface area contributed by atoms with Gasteiger partial charge in [0, 0.05) is 17.1 Å². The lowest BCUT2D eigenvalue weighted by atomic mass is 10.2. The molecule has 24 heavy (non-hydrogen) atoms. The van der Waals surface area contributed by atoms with Gasteiger partial charge in [-0.15, -0.1) is 11.3 Å². The molecule has 0 bridgehead atoms. The van der Waals surface area contributed by atoms with Gasteiger partial charge in [-0.05, 0) is 30.3 Å². The van der Waals surface area contributed by atoms with E-state index in [1.165, 1.54) is 23.5 Å². The number of benzene rings is 2. The first-order valence-corrected chi connectivity index (χ1v) is 8.56. The van der Waals surface area contributed by atoms with Gasteiger partial charge in [0.25, 0.3) is 5.91 Å². The first kappa shape index (κ1) is 16.7. The van der Waals surface area contributed by atoms with Crippen LogP contribution >= 0.6 is 22.9 Å². The van der Waals surface area contributed by atoms with Crippen LogP contribution in [0.3, 0.4) is 0 Å². The molecule has 0 saturated carbocycles. The molecular weight excluding hydrogens is 349 g/mol. The van der Waals surface area contributed by atoms with Crippen molar-refractivity contribution in [3.05, 3.63) is 64.2 Å². The van der Waals surface area contributed by atoms with Crippen molar-refractivity contribution in [3.63, 3.8) is 0 Å². The summed E-state index contributed by atoms with van der Waals surface area (Å²) in [5.41, 5.74) is 0. The van der Waals surface area contributed by atoms with E-state index in [4.69, 9.17) is 16.3 Å². The largest absolute Gasteiger partial charge is 0.492 e. The molecule has 1 heterocycles. The molecule has 124 valence electrons. The highest BCUT2D eigenvalue weighted by atomic mass is 35.5. The summed E-state index contributed by atoms with van der Waals surface area (Å²) in [6.45, 7) is 0.802. The third kappa shape index (κ3) is 3.52. The summed E-state index contributed by atoms with van der Waals surface area (Å²) < 4.78 is 19.6. The van der Waals surface area contributed by atoms with Crippen LogP contribution in [0.15, 0.2) is 48.5 Å². The SMILES string of the molecule is CN(CCOc1ccccc1)C(=O)c1sc2cc(F)ccc2c1Cl. The van der Waals surface area contributed by atoms with Gasteiger partial charge >= 0.3 is 0 Å². The van der Waals surface area contributed by atoms with Gasteiger partial charge in [0.2, 0.25) is 0 Å². The number of rotatable bonds is 5. The number of nitrogens with zero attached hydrogens (tertiary/aromatic N) is 1. The van der Waals surface area contributed by atoms with E-state index in [-0.39, 0.29) is 11.7 Å². The molecule has 0 atom stereocenters. The Morgan fingerprint density at radius 2 is 2.00 bits per heavy atom. The van der Waals surface area contributed by atoms with Crippen LogP contribution in [-0.2, 0) is 0 Å². The van der Waals surface area contributed by atoms with Crippen LogP contribution in [0.2, 0.25) is 5.02 Å². The number of carbonyl (C=O) groups excluding carboxylic acids is 1. The van der Waals surface area contributed by atoms with Crippen molar-refractivity contribution in [1.29, 1.82) is 0 Å². The number of thiophene rings is 1. The van der Waals surface area contributed by atoms with E-state index in [1.54, 1.807) is 18.0 Å². The smallest absolute Gasteiger partial charge is 0.265 e. The molecular formula is C18H15ClFNO2S. The lowest BCUT2D eigenvalue weighted by molar-refractivity contribution is 0.0779. The number of para-hydroxylation sites is 1. The van der Waals surface area contributed by atoms with Crippen LogP contribution in [0, 0.1) is 5.82 Å². The van der Waals surface area contributed by atoms with Gasteiger partial charge in [-0.3, -0.25) is 4.79 Å². The minimum Gasteiger partial charge on any atom is -0.492 e. The van der Waals surface area contributed by atoms with E-state index in [0.717, 1.165) is 5.75 Å². The zero-order valence-electron chi connectivity index (χ0n) is 13.0. The highest BCUT2D eigenvalue weighted by Crippen LogP contribution is 2.36. The third-order valence-corrected chi connectivity index (χ3v) is 5.22. The molecule has 0 fully saturated rings. The van der Waals surface area contributed by atoms with Crippen molar-refractivity contribution in [2.45, 2.75) is 0 Å². The maximum Gasteiger partial charge on any atom is 0.265 e. The van der Waals surface area contributed by atoms with E-state index in [1.807, 2.05) is 30.3 Å². The Kier molecular flexibility index (Phi) is 5.02. The number of carbonyl (C=O) groups is 1. The van der Waals surface area contributed by atoms with E-state index in [2.05, 4.69) is 0 Å². The molecule has 0 aliphatic heterocycles. The standard InChI is InChI=1S/C18H15ClFNO2S/c1-21(9-10-23-13-5-3-2-4-6-13)18(22)17-16(19)14-8-7-12(20)11-15(14)24-17/h2-8,11H,9-10H2,1H3. The molecule has 0 aliphatic rings. The molecule has 0 radical (unpaired) electrons. The summed E-state index contributed by atoms with van der Waals surface area (Å²) in [5.74, 6) is 0.219. The van der Waals surface area contributed by atoms with Gasteiger partial charge in [0.15, 0.2) is 0 Å². The average Bonchev–Trinajstić information content (AvgIpc) is 2.91. The molecule has 3 rings (SSSR count). The van der Waals surface area contributed by atoms with E-state index in [0.29, 0.717) is 33.1 Å². The Hall–Kier alpha value is -2.11. The van der Waals surface area contributed by atoms with Gasteiger partial charge in [0.05, 0.1) is 11.6 Å². The summed E-state index contributed by atoms with van der Waals surface area (Å²) in [6.07, 6.45) is 0. The molecule has 3 nitrogen and oxygen atoms in total. The van der Waals surface area contributed by atoms with Crippen molar-refractivity contribution >= 4 is 38.9 Å². The number of halogens is 2. The second kappa shape index (κ2) is 7.20. The Labute approximate surface area is 148 Å². The van der Waals surface area contributed by atoms with Gasteiger partial charge in [0.1, 0.15) is 23.1 Å². The molecule has 0 unspecified atom stereocenters. The predicted molar refractivity (Wildman–Crippen MR) is 95.7 cm³/mol. The number of fused-ring (bicyclic) bond motifs is 1. The van der Waals surface area contributed by atoms with E-state index < -0.39 is 0 Å². The van der Waals surface area contributed by atoms with Gasteiger partial charge in [-0.25, -0.2) is 4.39 Å². The van der Waals surface area contributed by atoms with Crippen LogP contribution < -0.4 is 4.74 Å². The van der Waals surface area contributed by atoms with Crippen molar-refractivity contribution in [2.75, 3.05) is 20.2 Å². The average molecular weight is 364 g/mol. The summed E-state index contributed by atoms with van der Waals surface area (Å²) in [5, 5.41) is 1.07. The maximum atomic E-state index is 13.3. The van der Waals surface area contributed by atoms with Crippen LogP contribution in [0.1, 0.15) is 9.67 Å². The van der Waals surface area contributed by atoms with Crippen LogP contribution in [-0.4, -0.2) is 31.0 Å². The molecule has 3 aromatic rings. The van der Waals surface area contributed by atoms with Gasteiger partial charge in [-0.1, -0.05) is 29.8 Å². The molecule has 0 N–H and O–H groups in total. The molecule has 1 amide bonds. The molecule has 0 saturated heterocycles. The van der Waals surface area contributed by atoms with E-state index >= 15 is 0 Å². The van der Waals surface area contributed by atoms with Crippen molar-refractivity contribution in [3.8, 4) is 5.75 Å². The second-order valence-electron chi connectivity index (χ2n) is 5.27. The fourth-order valence-corrected chi connectivity index (χ4v) is 3.80.